The minimum absolute atomic E-state index is 0.172. The van der Waals surface area contributed by atoms with Gasteiger partial charge in [0.2, 0.25) is 0 Å². The molecule has 7 heteroatoms. The van der Waals surface area contributed by atoms with Crippen molar-refractivity contribution < 1.29 is 13.2 Å². The van der Waals surface area contributed by atoms with E-state index in [0.717, 1.165) is 0 Å². The Balaban J connectivity index is 2.37. The molecule has 0 bridgehead atoms. The molecule has 0 saturated heterocycles. The summed E-state index contributed by atoms with van der Waals surface area (Å²) < 4.78 is 32.3. The third kappa shape index (κ3) is 3.40. The van der Waals surface area contributed by atoms with Crippen molar-refractivity contribution in [3.63, 3.8) is 0 Å². The zero-order valence-electron chi connectivity index (χ0n) is 11.6. The predicted octanol–water partition coefficient (Wildman–Crippen LogP) is 3.04. The second kappa shape index (κ2) is 5.83. The van der Waals surface area contributed by atoms with E-state index in [1.54, 1.807) is 31.2 Å². The summed E-state index contributed by atoms with van der Waals surface area (Å²) in [5, 5.41) is 0.407. The average molecular weight is 327 g/mol. The monoisotopic (exact) mass is 326 g/mol. The zero-order valence-corrected chi connectivity index (χ0v) is 13.1. The Morgan fingerprint density at radius 1 is 1.19 bits per heavy atom. The first-order chi connectivity index (χ1) is 9.83. The number of nitrogens with one attached hydrogen (secondary N) is 1. The van der Waals surface area contributed by atoms with Crippen molar-refractivity contribution in [1.82, 2.24) is 0 Å². The topological polar surface area (TPSA) is 81.4 Å². The Hall–Kier alpha value is -1.92. The van der Waals surface area contributed by atoms with Gasteiger partial charge in [-0.3, -0.25) is 4.72 Å². The molecule has 0 aliphatic carbocycles. The normalized spacial score (nSPS) is 11.2. The van der Waals surface area contributed by atoms with Gasteiger partial charge in [-0.05, 0) is 42.8 Å². The first-order valence-corrected chi connectivity index (χ1v) is 7.92. The third-order valence-corrected chi connectivity index (χ3v) is 4.75. The maximum absolute atomic E-state index is 12.4. The molecule has 2 aromatic carbocycles. The van der Waals surface area contributed by atoms with Crippen LogP contribution in [-0.2, 0) is 10.0 Å². The summed E-state index contributed by atoms with van der Waals surface area (Å²) in [6.07, 6.45) is 0. The second-order valence-corrected chi connectivity index (χ2v) is 6.54. The van der Waals surface area contributed by atoms with Crippen LogP contribution in [0.15, 0.2) is 41.3 Å². The van der Waals surface area contributed by atoms with Crippen LogP contribution < -0.4 is 15.2 Å². The van der Waals surface area contributed by atoms with Crippen molar-refractivity contribution in [2.24, 2.45) is 0 Å². The first-order valence-electron chi connectivity index (χ1n) is 6.06. The molecule has 0 aliphatic heterocycles. The number of hydrogen-bond acceptors (Lipinski definition) is 4. The number of ether oxygens (including phenoxy) is 1. The van der Waals surface area contributed by atoms with Gasteiger partial charge in [-0.15, -0.1) is 0 Å². The second-order valence-electron chi connectivity index (χ2n) is 4.48. The van der Waals surface area contributed by atoms with Crippen molar-refractivity contribution >= 4 is 33.0 Å². The van der Waals surface area contributed by atoms with Gasteiger partial charge < -0.3 is 10.5 Å². The Labute approximate surface area is 128 Å². The van der Waals surface area contributed by atoms with Crippen LogP contribution in [0.2, 0.25) is 5.02 Å². The third-order valence-electron chi connectivity index (χ3n) is 2.89. The maximum Gasteiger partial charge on any atom is 0.262 e. The van der Waals surface area contributed by atoms with Gasteiger partial charge in [0.25, 0.3) is 10.0 Å². The summed E-state index contributed by atoms with van der Waals surface area (Å²) in [5.41, 5.74) is 7.09. The van der Waals surface area contributed by atoms with Crippen LogP contribution in [0.4, 0.5) is 11.4 Å². The molecule has 0 fully saturated rings. The number of methoxy groups -OCH3 is 1. The molecule has 0 aliphatic rings. The molecule has 0 spiro atoms. The van der Waals surface area contributed by atoms with Crippen LogP contribution in [0.1, 0.15) is 5.56 Å². The van der Waals surface area contributed by atoms with Gasteiger partial charge >= 0.3 is 0 Å². The lowest BCUT2D eigenvalue weighted by Gasteiger charge is -2.12. The summed E-state index contributed by atoms with van der Waals surface area (Å²) in [6, 6.07) is 9.27. The van der Waals surface area contributed by atoms with E-state index in [9.17, 15) is 8.42 Å². The van der Waals surface area contributed by atoms with Gasteiger partial charge in [-0.2, -0.15) is 0 Å². The fourth-order valence-corrected chi connectivity index (χ4v) is 3.38. The van der Waals surface area contributed by atoms with Gasteiger partial charge in [-0.1, -0.05) is 11.6 Å². The van der Waals surface area contributed by atoms with E-state index in [1.807, 2.05) is 0 Å². The molecular weight excluding hydrogens is 312 g/mol. The predicted molar refractivity (Wildman–Crippen MR) is 84.4 cm³/mol. The number of rotatable bonds is 4. The molecule has 3 N–H and O–H groups in total. The number of benzene rings is 2. The van der Waals surface area contributed by atoms with E-state index in [-0.39, 0.29) is 4.90 Å². The summed E-state index contributed by atoms with van der Waals surface area (Å²) >= 11 is 5.91. The lowest BCUT2D eigenvalue weighted by Crippen LogP contribution is -2.14. The molecule has 0 aromatic heterocycles. The summed E-state index contributed by atoms with van der Waals surface area (Å²) in [5.74, 6) is 0.394. The standard InChI is InChI=1S/C14H15ClN2O3S/c1-9-7-10(16)3-6-14(9)21(18,19)17-11-4-5-12(15)13(8-11)20-2/h3-8,17H,16H2,1-2H3. The SMILES string of the molecule is COc1cc(NS(=O)(=O)c2ccc(N)cc2C)ccc1Cl. The van der Waals surface area contributed by atoms with Crippen LogP contribution in [0.25, 0.3) is 0 Å². The number of aryl methyl sites for hydroxylation is 1. The van der Waals surface area contributed by atoms with Crippen LogP contribution in [0.3, 0.4) is 0 Å². The molecule has 0 atom stereocenters. The molecule has 0 unspecified atom stereocenters. The Kier molecular flexibility index (Phi) is 4.29. The molecule has 0 saturated carbocycles. The minimum atomic E-state index is -3.70. The van der Waals surface area contributed by atoms with Crippen molar-refractivity contribution in [2.45, 2.75) is 11.8 Å². The maximum atomic E-state index is 12.4. The number of sulfonamides is 1. The first kappa shape index (κ1) is 15.5. The highest BCUT2D eigenvalue weighted by molar-refractivity contribution is 7.92. The number of nitrogen functional groups attached to an aromatic ring is 1. The van der Waals surface area contributed by atoms with E-state index in [2.05, 4.69) is 4.72 Å². The number of halogens is 1. The highest BCUT2D eigenvalue weighted by Crippen LogP contribution is 2.29. The number of anilines is 2. The molecular formula is C14H15ClN2O3S. The molecule has 5 nitrogen and oxygen atoms in total. The molecule has 0 amide bonds. The van der Waals surface area contributed by atoms with Gasteiger partial charge in [0, 0.05) is 11.8 Å². The van der Waals surface area contributed by atoms with Crippen LogP contribution in [0, 0.1) is 6.92 Å². The fraction of sp³-hybridized carbons (Fsp3) is 0.143. The summed E-state index contributed by atoms with van der Waals surface area (Å²) in [7, 11) is -2.24. The van der Waals surface area contributed by atoms with E-state index in [0.29, 0.717) is 27.7 Å². The summed E-state index contributed by atoms with van der Waals surface area (Å²) in [6.45, 7) is 1.69. The highest BCUT2D eigenvalue weighted by atomic mass is 35.5. The van der Waals surface area contributed by atoms with E-state index in [1.165, 1.54) is 19.2 Å². The van der Waals surface area contributed by atoms with E-state index in [4.69, 9.17) is 22.1 Å². The fourth-order valence-electron chi connectivity index (χ4n) is 1.91. The molecule has 0 heterocycles. The van der Waals surface area contributed by atoms with E-state index < -0.39 is 10.0 Å². The van der Waals surface area contributed by atoms with Gasteiger partial charge in [0.15, 0.2) is 0 Å². The molecule has 112 valence electrons. The highest BCUT2D eigenvalue weighted by Gasteiger charge is 2.17. The largest absolute Gasteiger partial charge is 0.495 e. The number of hydrogen-bond donors (Lipinski definition) is 2. The van der Waals surface area contributed by atoms with Crippen LogP contribution in [-0.4, -0.2) is 15.5 Å². The average Bonchev–Trinajstić information content (AvgIpc) is 2.40. The van der Waals surface area contributed by atoms with Crippen molar-refractivity contribution in [3.8, 4) is 5.75 Å². The van der Waals surface area contributed by atoms with E-state index >= 15 is 0 Å². The van der Waals surface area contributed by atoms with Gasteiger partial charge in [0.1, 0.15) is 5.75 Å². The lowest BCUT2D eigenvalue weighted by atomic mass is 10.2. The molecule has 0 radical (unpaired) electrons. The number of nitrogens with two attached hydrogens (primary N) is 1. The zero-order chi connectivity index (χ0) is 15.6. The molecule has 21 heavy (non-hydrogen) atoms. The van der Waals surface area contributed by atoms with Gasteiger partial charge in [0.05, 0.1) is 22.7 Å². The minimum Gasteiger partial charge on any atom is -0.495 e. The van der Waals surface area contributed by atoms with Crippen LogP contribution in [0.5, 0.6) is 5.75 Å². The molecule has 2 aromatic rings. The summed E-state index contributed by atoms with van der Waals surface area (Å²) in [4.78, 5) is 0.172. The van der Waals surface area contributed by atoms with Gasteiger partial charge in [-0.25, -0.2) is 8.42 Å². The Morgan fingerprint density at radius 2 is 1.90 bits per heavy atom. The lowest BCUT2D eigenvalue weighted by molar-refractivity contribution is 0.415. The Bertz CT molecular complexity index is 776. The Morgan fingerprint density at radius 3 is 2.52 bits per heavy atom. The van der Waals surface area contributed by atoms with Crippen LogP contribution >= 0.6 is 11.6 Å². The van der Waals surface area contributed by atoms with Crippen molar-refractivity contribution in [2.75, 3.05) is 17.6 Å². The van der Waals surface area contributed by atoms with Crippen molar-refractivity contribution in [3.05, 3.63) is 47.0 Å². The van der Waals surface area contributed by atoms with Crippen molar-refractivity contribution in [1.29, 1.82) is 0 Å². The molecule has 2 rings (SSSR count). The quantitative estimate of drug-likeness (QED) is 0.846. The smallest absolute Gasteiger partial charge is 0.262 e.